The van der Waals surface area contributed by atoms with Crippen molar-refractivity contribution in [3.05, 3.63) is 88.0 Å². The summed E-state index contributed by atoms with van der Waals surface area (Å²) in [5.74, 6) is 0.189. The number of nitro groups is 1. The van der Waals surface area contributed by atoms with Gasteiger partial charge in [0.25, 0.3) is 11.6 Å². The number of piperidine rings is 1. The smallest absolute Gasteiger partial charge is 0.293 e. The molecule has 0 aliphatic carbocycles. The summed E-state index contributed by atoms with van der Waals surface area (Å²) < 4.78 is 5.79. The standard InChI is InChI=1S/C26H24N4O4/c31-25(20-12-13-22(23(16-20)30(32)33)29-14-4-1-5-15-29)27-17-18-8-10-19(11-9-18)26-28-21-6-2-3-7-24(21)34-26/h2-3,6-13,16H,1,4-5,14-15,17H2,(H,27,31). The molecule has 1 aromatic heterocycles. The molecule has 2 heterocycles. The number of para-hydroxylation sites is 2. The molecule has 1 saturated heterocycles. The molecule has 1 N–H and O–H groups in total. The van der Waals surface area contributed by atoms with Crippen LogP contribution in [0.5, 0.6) is 0 Å². The van der Waals surface area contributed by atoms with Crippen LogP contribution in [0.1, 0.15) is 35.2 Å². The number of nitrogens with one attached hydrogen (secondary N) is 1. The van der Waals surface area contributed by atoms with Gasteiger partial charge >= 0.3 is 0 Å². The molecule has 0 atom stereocenters. The number of hydrogen-bond acceptors (Lipinski definition) is 6. The number of anilines is 1. The predicted octanol–water partition coefficient (Wildman–Crippen LogP) is 5.32. The van der Waals surface area contributed by atoms with Gasteiger partial charge in [0.15, 0.2) is 5.58 Å². The van der Waals surface area contributed by atoms with Gasteiger partial charge in [0.1, 0.15) is 11.2 Å². The fourth-order valence-corrected chi connectivity index (χ4v) is 4.26. The van der Waals surface area contributed by atoms with Gasteiger partial charge in [-0.25, -0.2) is 4.98 Å². The topological polar surface area (TPSA) is 102 Å². The van der Waals surface area contributed by atoms with Crippen LogP contribution < -0.4 is 10.2 Å². The largest absolute Gasteiger partial charge is 0.436 e. The molecule has 0 unspecified atom stereocenters. The Balaban J connectivity index is 1.26. The number of benzene rings is 3. The van der Waals surface area contributed by atoms with Gasteiger partial charge in [-0.15, -0.1) is 0 Å². The Hall–Kier alpha value is -4.20. The zero-order valence-corrected chi connectivity index (χ0v) is 18.6. The third-order valence-electron chi connectivity index (χ3n) is 6.08. The third kappa shape index (κ3) is 4.47. The van der Waals surface area contributed by atoms with Crippen molar-refractivity contribution in [3.63, 3.8) is 0 Å². The van der Waals surface area contributed by atoms with Gasteiger partial charge in [0, 0.05) is 36.8 Å². The zero-order chi connectivity index (χ0) is 23.5. The van der Waals surface area contributed by atoms with Crippen LogP contribution in [0.25, 0.3) is 22.6 Å². The molecule has 0 radical (unpaired) electrons. The van der Waals surface area contributed by atoms with Gasteiger partial charge in [-0.05, 0) is 61.2 Å². The van der Waals surface area contributed by atoms with Gasteiger partial charge in [-0.3, -0.25) is 14.9 Å². The molecule has 0 saturated carbocycles. The molecule has 1 amide bonds. The lowest BCUT2D eigenvalue weighted by Crippen LogP contribution is -2.30. The SMILES string of the molecule is O=C(NCc1ccc(-c2nc3ccccc3o2)cc1)c1ccc(N2CCCCC2)c([N+](=O)[O-])c1. The molecular formula is C26H24N4O4. The van der Waals surface area contributed by atoms with E-state index >= 15 is 0 Å². The minimum atomic E-state index is -0.411. The molecule has 34 heavy (non-hydrogen) atoms. The summed E-state index contributed by atoms with van der Waals surface area (Å²) in [6, 6.07) is 19.9. The van der Waals surface area contributed by atoms with E-state index < -0.39 is 4.92 Å². The highest BCUT2D eigenvalue weighted by Crippen LogP contribution is 2.31. The van der Waals surface area contributed by atoms with E-state index in [0.717, 1.165) is 54.6 Å². The second kappa shape index (κ2) is 9.35. The Morgan fingerprint density at radius 3 is 2.53 bits per heavy atom. The van der Waals surface area contributed by atoms with Crippen LogP contribution in [0.4, 0.5) is 11.4 Å². The first kappa shape index (κ1) is 21.6. The molecule has 1 fully saturated rings. The number of nitrogens with zero attached hydrogens (tertiary/aromatic N) is 3. The van der Waals surface area contributed by atoms with Crippen molar-refractivity contribution in [3.8, 4) is 11.5 Å². The first-order valence-corrected chi connectivity index (χ1v) is 11.3. The second-order valence-electron chi connectivity index (χ2n) is 8.37. The lowest BCUT2D eigenvalue weighted by molar-refractivity contribution is -0.384. The highest BCUT2D eigenvalue weighted by atomic mass is 16.6. The number of carbonyl (C=O) groups is 1. The first-order chi connectivity index (χ1) is 16.6. The highest BCUT2D eigenvalue weighted by molar-refractivity contribution is 5.95. The van der Waals surface area contributed by atoms with Crippen molar-refractivity contribution in [2.24, 2.45) is 0 Å². The fourth-order valence-electron chi connectivity index (χ4n) is 4.26. The van der Waals surface area contributed by atoms with Gasteiger partial charge in [-0.2, -0.15) is 0 Å². The summed E-state index contributed by atoms with van der Waals surface area (Å²) in [4.78, 5) is 30.5. The molecule has 172 valence electrons. The van der Waals surface area contributed by atoms with Crippen LogP contribution in [-0.4, -0.2) is 28.9 Å². The van der Waals surface area contributed by atoms with E-state index in [1.54, 1.807) is 12.1 Å². The molecule has 1 aliphatic rings. The normalized spacial score (nSPS) is 13.7. The van der Waals surface area contributed by atoms with Gasteiger partial charge < -0.3 is 14.6 Å². The van der Waals surface area contributed by atoms with Crippen LogP contribution in [0, 0.1) is 10.1 Å². The minimum absolute atomic E-state index is 0.0303. The van der Waals surface area contributed by atoms with Crippen molar-refractivity contribution >= 4 is 28.4 Å². The van der Waals surface area contributed by atoms with Crippen molar-refractivity contribution in [1.82, 2.24) is 10.3 Å². The summed E-state index contributed by atoms with van der Waals surface area (Å²) in [5, 5.41) is 14.5. The van der Waals surface area contributed by atoms with E-state index in [1.807, 2.05) is 53.4 Å². The predicted molar refractivity (Wildman–Crippen MR) is 130 cm³/mol. The van der Waals surface area contributed by atoms with E-state index in [9.17, 15) is 14.9 Å². The lowest BCUT2D eigenvalue weighted by atomic mass is 10.1. The van der Waals surface area contributed by atoms with E-state index in [1.165, 1.54) is 6.07 Å². The average molecular weight is 457 g/mol. The maximum absolute atomic E-state index is 12.7. The number of aromatic nitrogens is 1. The van der Waals surface area contributed by atoms with Crippen molar-refractivity contribution in [1.29, 1.82) is 0 Å². The van der Waals surface area contributed by atoms with Crippen LogP contribution >= 0.6 is 0 Å². The van der Waals surface area contributed by atoms with Crippen molar-refractivity contribution in [2.75, 3.05) is 18.0 Å². The number of rotatable bonds is 6. The Kier molecular flexibility index (Phi) is 5.95. The summed E-state index contributed by atoms with van der Waals surface area (Å²) in [6.45, 7) is 1.90. The van der Waals surface area contributed by atoms with Gasteiger partial charge in [0.2, 0.25) is 5.89 Å². The number of oxazole rings is 1. The fraction of sp³-hybridized carbons (Fsp3) is 0.231. The Bertz CT molecular complexity index is 1310. The molecule has 5 rings (SSSR count). The molecule has 8 heteroatoms. The average Bonchev–Trinajstić information content (AvgIpc) is 3.32. The maximum Gasteiger partial charge on any atom is 0.293 e. The molecule has 8 nitrogen and oxygen atoms in total. The Labute approximate surface area is 196 Å². The lowest BCUT2D eigenvalue weighted by Gasteiger charge is -2.28. The van der Waals surface area contributed by atoms with Crippen LogP contribution in [0.3, 0.4) is 0 Å². The number of carbonyl (C=O) groups excluding carboxylic acids is 1. The summed E-state index contributed by atoms with van der Waals surface area (Å²) >= 11 is 0. The first-order valence-electron chi connectivity index (χ1n) is 11.3. The van der Waals surface area contributed by atoms with E-state index in [0.29, 0.717) is 18.1 Å². The molecule has 1 aliphatic heterocycles. The Morgan fingerprint density at radius 1 is 1.03 bits per heavy atom. The number of amides is 1. The summed E-state index contributed by atoms with van der Waals surface area (Å²) in [7, 11) is 0. The van der Waals surface area contributed by atoms with Crippen LogP contribution in [-0.2, 0) is 6.54 Å². The number of hydrogen-bond donors (Lipinski definition) is 1. The minimum Gasteiger partial charge on any atom is -0.436 e. The van der Waals surface area contributed by atoms with Crippen LogP contribution in [0.15, 0.2) is 71.1 Å². The van der Waals surface area contributed by atoms with Gasteiger partial charge in [-0.1, -0.05) is 24.3 Å². The third-order valence-corrected chi connectivity index (χ3v) is 6.08. The van der Waals surface area contributed by atoms with Crippen molar-refractivity contribution < 1.29 is 14.1 Å². The summed E-state index contributed by atoms with van der Waals surface area (Å²) in [6.07, 6.45) is 3.18. The van der Waals surface area contributed by atoms with E-state index in [2.05, 4.69) is 10.3 Å². The molecular weight excluding hydrogens is 432 g/mol. The molecule has 0 bridgehead atoms. The molecule has 4 aromatic rings. The quantitative estimate of drug-likeness (QED) is 0.311. The molecule has 3 aromatic carbocycles. The second-order valence-corrected chi connectivity index (χ2v) is 8.37. The maximum atomic E-state index is 12.7. The summed E-state index contributed by atoms with van der Waals surface area (Å²) in [5.41, 5.74) is 4.09. The highest BCUT2D eigenvalue weighted by Gasteiger charge is 2.23. The number of fused-ring (bicyclic) bond motifs is 1. The van der Waals surface area contributed by atoms with Crippen molar-refractivity contribution in [2.45, 2.75) is 25.8 Å². The van der Waals surface area contributed by atoms with E-state index in [4.69, 9.17) is 4.42 Å². The zero-order valence-electron chi connectivity index (χ0n) is 18.6. The molecule has 0 spiro atoms. The van der Waals surface area contributed by atoms with Crippen LogP contribution in [0.2, 0.25) is 0 Å². The van der Waals surface area contributed by atoms with E-state index in [-0.39, 0.29) is 17.2 Å². The van der Waals surface area contributed by atoms with Gasteiger partial charge in [0.05, 0.1) is 4.92 Å². The Morgan fingerprint density at radius 2 is 1.79 bits per heavy atom. The monoisotopic (exact) mass is 456 g/mol. The number of nitro benzene ring substituents is 1.